The number of rotatable bonds is 4. The largest absolute Gasteiger partial charge is 0.342 e. The standard InChI is InChI=1S/C25H42O3/c1-16-11-13-24(3)18(15-16)6-7-19-21-9-8-20(17(2)5-10-23(26)28-27)25(21,4)14-12-22(19)24/h16-22,27H,5-15H2,1-4H3/t16-,17+,18+,19?,20+,21?,22?,24-,25+/m0/s1. The number of hydrogen-bond acceptors (Lipinski definition) is 3. The summed E-state index contributed by atoms with van der Waals surface area (Å²) >= 11 is 0. The van der Waals surface area contributed by atoms with Crippen molar-refractivity contribution in [2.24, 2.45) is 52.3 Å². The van der Waals surface area contributed by atoms with Gasteiger partial charge in [-0.05, 0) is 110 Å². The summed E-state index contributed by atoms with van der Waals surface area (Å²) in [5, 5.41) is 8.57. The molecule has 0 aromatic carbocycles. The Morgan fingerprint density at radius 2 is 1.75 bits per heavy atom. The van der Waals surface area contributed by atoms with Crippen LogP contribution < -0.4 is 0 Å². The highest BCUT2D eigenvalue weighted by Gasteiger charge is 2.60. The molecule has 3 nitrogen and oxygen atoms in total. The molecule has 9 atom stereocenters. The molecule has 4 aliphatic rings. The molecule has 0 spiro atoms. The Labute approximate surface area is 171 Å². The molecule has 0 amide bonds. The van der Waals surface area contributed by atoms with Crippen LogP contribution in [0.1, 0.15) is 98.3 Å². The van der Waals surface area contributed by atoms with Gasteiger partial charge in [-0.2, -0.15) is 5.26 Å². The van der Waals surface area contributed by atoms with E-state index in [4.69, 9.17) is 5.26 Å². The van der Waals surface area contributed by atoms with Crippen molar-refractivity contribution in [3.63, 3.8) is 0 Å². The molecule has 3 unspecified atom stereocenters. The minimum Gasteiger partial charge on any atom is -0.301 e. The van der Waals surface area contributed by atoms with Crippen LogP contribution in [0.15, 0.2) is 0 Å². The summed E-state index contributed by atoms with van der Waals surface area (Å²) in [6.45, 7) is 10.1. The highest BCUT2D eigenvalue weighted by Crippen LogP contribution is 2.68. The third-order valence-electron chi connectivity index (χ3n) is 10.6. The van der Waals surface area contributed by atoms with Crippen LogP contribution in [0.4, 0.5) is 0 Å². The number of hydrogen-bond donors (Lipinski definition) is 1. The lowest BCUT2D eigenvalue weighted by atomic mass is 9.44. The second-order valence-electron chi connectivity index (χ2n) is 11.7. The van der Waals surface area contributed by atoms with E-state index >= 15 is 0 Å². The predicted octanol–water partition coefficient (Wildman–Crippen LogP) is 6.71. The lowest BCUT2D eigenvalue weighted by Gasteiger charge is -2.61. The van der Waals surface area contributed by atoms with E-state index in [1.165, 1.54) is 57.8 Å². The Hall–Kier alpha value is -0.570. The van der Waals surface area contributed by atoms with Crippen LogP contribution in [0.3, 0.4) is 0 Å². The number of carbonyl (C=O) groups is 1. The van der Waals surface area contributed by atoms with Crippen molar-refractivity contribution in [1.82, 2.24) is 0 Å². The van der Waals surface area contributed by atoms with Gasteiger partial charge in [0.15, 0.2) is 0 Å². The fraction of sp³-hybridized carbons (Fsp3) is 0.960. The Bertz CT molecular complexity index is 588. The molecule has 0 radical (unpaired) electrons. The number of fused-ring (bicyclic) bond motifs is 5. The summed E-state index contributed by atoms with van der Waals surface area (Å²) in [5.41, 5.74) is 1.06. The lowest BCUT2D eigenvalue weighted by molar-refractivity contribution is -0.234. The van der Waals surface area contributed by atoms with Crippen molar-refractivity contribution in [3.8, 4) is 0 Å². The summed E-state index contributed by atoms with van der Waals surface area (Å²) in [7, 11) is 0. The van der Waals surface area contributed by atoms with E-state index in [0.29, 0.717) is 23.2 Å². The van der Waals surface area contributed by atoms with E-state index in [0.717, 1.165) is 41.9 Å². The van der Waals surface area contributed by atoms with E-state index in [-0.39, 0.29) is 0 Å². The smallest absolute Gasteiger partial charge is 0.301 e. The van der Waals surface area contributed by atoms with E-state index in [9.17, 15) is 4.79 Å². The zero-order chi connectivity index (χ0) is 20.1. The van der Waals surface area contributed by atoms with Gasteiger partial charge in [0.1, 0.15) is 0 Å². The quantitative estimate of drug-likeness (QED) is 0.428. The van der Waals surface area contributed by atoms with Gasteiger partial charge in [-0.25, -0.2) is 4.79 Å². The molecule has 0 bridgehead atoms. The van der Waals surface area contributed by atoms with Gasteiger partial charge in [0.2, 0.25) is 0 Å². The molecule has 0 aromatic heterocycles. The van der Waals surface area contributed by atoms with Crippen LogP contribution in [-0.2, 0) is 9.68 Å². The van der Waals surface area contributed by atoms with Gasteiger partial charge in [0.25, 0.3) is 0 Å². The first-order valence-electron chi connectivity index (χ1n) is 12.1. The molecule has 4 fully saturated rings. The van der Waals surface area contributed by atoms with Crippen molar-refractivity contribution in [3.05, 3.63) is 0 Å². The van der Waals surface area contributed by atoms with Crippen molar-refractivity contribution >= 4 is 5.97 Å². The Morgan fingerprint density at radius 1 is 1.04 bits per heavy atom. The van der Waals surface area contributed by atoms with Gasteiger partial charge in [0.05, 0.1) is 0 Å². The second-order valence-corrected chi connectivity index (χ2v) is 11.7. The molecule has 0 aliphatic heterocycles. The predicted molar refractivity (Wildman–Crippen MR) is 111 cm³/mol. The minimum absolute atomic E-state index is 0.346. The average molecular weight is 391 g/mol. The highest BCUT2D eigenvalue weighted by molar-refractivity contribution is 5.68. The fourth-order valence-corrected chi connectivity index (χ4v) is 9.04. The first kappa shape index (κ1) is 20.7. The van der Waals surface area contributed by atoms with Gasteiger partial charge >= 0.3 is 5.97 Å². The van der Waals surface area contributed by atoms with Crippen molar-refractivity contribution in [2.75, 3.05) is 0 Å². The molecule has 1 N–H and O–H groups in total. The Kier molecular flexibility index (Phi) is 5.61. The SMILES string of the molecule is C[C@H]1CC[C@]2(C)C3CC[C@@]4(C)C(CC[C@@H]4[C@H](C)CCC(=O)OO)C3CC[C@@H]2C1. The molecular formula is C25H42O3. The molecule has 160 valence electrons. The highest BCUT2D eigenvalue weighted by atomic mass is 17.1. The average Bonchev–Trinajstić information content (AvgIpc) is 3.03. The van der Waals surface area contributed by atoms with Crippen LogP contribution >= 0.6 is 0 Å². The van der Waals surface area contributed by atoms with Crippen LogP contribution in [0.25, 0.3) is 0 Å². The van der Waals surface area contributed by atoms with Gasteiger partial charge in [-0.15, -0.1) is 0 Å². The van der Waals surface area contributed by atoms with Crippen molar-refractivity contribution in [2.45, 2.75) is 98.3 Å². The topological polar surface area (TPSA) is 46.5 Å². The van der Waals surface area contributed by atoms with Gasteiger partial charge in [-0.3, -0.25) is 0 Å². The summed E-state index contributed by atoms with van der Waals surface area (Å²) < 4.78 is 0. The monoisotopic (exact) mass is 390 g/mol. The maximum atomic E-state index is 11.4. The molecule has 28 heavy (non-hydrogen) atoms. The van der Waals surface area contributed by atoms with E-state index in [1.54, 1.807) is 0 Å². The van der Waals surface area contributed by atoms with Crippen LogP contribution in [0, 0.1) is 52.3 Å². The fourth-order valence-electron chi connectivity index (χ4n) is 9.04. The first-order chi connectivity index (χ1) is 13.3. The normalized spacial score (nSPS) is 48.9. The van der Waals surface area contributed by atoms with E-state index in [2.05, 4.69) is 32.6 Å². The molecule has 0 heterocycles. The third kappa shape index (κ3) is 3.24. The maximum Gasteiger partial charge on any atom is 0.342 e. The summed E-state index contributed by atoms with van der Waals surface area (Å²) in [5.74, 6) is 5.47. The zero-order valence-electron chi connectivity index (χ0n) is 18.6. The molecule has 0 aromatic rings. The third-order valence-corrected chi connectivity index (χ3v) is 10.6. The molecule has 4 rings (SSSR count). The molecular weight excluding hydrogens is 348 g/mol. The lowest BCUT2D eigenvalue weighted by Crippen LogP contribution is -2.53. The first-order valence-corrected chi connectivity index (χ1v) is 12.1. The van der Waals surface area contributed by atoms with Gasteiger partial charge in [0, 0.05) is 6.42 Å². The van der Waals surface area contributed by atoms with Gasteiger partial charge in [-0.1, -0.05) is 34.1 Å². The zero-order valence-corrected chi connectivity index (χ0v) is 18.6. The molecule has 0 saturated heterocycles. The summed E-state index contributed by atoms with van der Waals surface area (Å²) in [6.07, 6.45) is 14.1. The van der Waals surface area contributed by atoms with Crippen LogP contribution in [0.5, 0.6) is 0 Å². The van der Waals surface area contributed by atoms with Crippen LogP contribution in [0.2, 0.25) is 0 Å². The minimum atomic E-state index is -0.479. The Balaban J connectivity index is 1.48. The summed E-state index contributed by atoms with van der Waals surface area (Å²) in [4.78, 5) is 15.3. The molecule has 4 saturated carbocycles. The number of carbonyl (C=O) groups excluding carboxylic acids is 1. The summed E-state index contributed by atoms with van der Waals surface area (Å²) in [6, 6.07) is 0. The van der Waals surface area contributed by atoms with E-state index in [1.807, 2.05) is 0 Å². The van der Waals surface area contributed by atoms with Crippen molar-refractivity contribution < 1.29 is 14.9 Å². The molecule has 3 heteroatoms. The molecule has 4 aliphatic carbocycles. The Morgan fingerprint density at radius 3 is 2.50 bits per heavy atom. The van der Waals surface area contributed by atoms with Crippen molar-refractivity contribution in [1.29, 1.82) is 0 Å². The maximum absolute atomic E-state index is 11.4. The van der Waals surface area contributed by atoms with Crippen LogP contribution in [-0.4, -0.2) is 11.2 Å². The van der Waals surface area contributed by atoms with Gasteiger partial charge < -0.3 is 4.89 Å². The van der Waals surface area contributed by atoms with E-state index < -0.39 is 5.97 Å². The second kappa shape index (κ2) is 7.60.